The summed E-state index contributed by atoms with van der Waals surface area (Å²) in [5, 5.41) is 2.57. The summed E-state index contributed by atoms with van der Waals surface area (Å²) >= 11 is 1.41. The molecule has 2 N–H and O–H groups in total. The largest absolute Gasteiger partial charge is 0.455 e. The van der Waals surface area contributed by atoms with Crippen molar-refractivity contribution in [3.8, 4) is 0 Å². The van der Waals surface area contributed by atoms with Crippen LogP contribution in [0.3, 0.4) is 0 Å². The number of aryl methyl sites for hydroxylation is 1. The quantitative estimate of drug-likeness (QED) is 0.685. The van der Waals surface area contributed by atoms with Gasteiger partial charge in [0.1, 0.15) is 17.4 Å². The van der Waals surface area contributed by atoms with E-state index in [1.165, 1.54) is 23.5 Å². The van der Waals surface area contributed by atoms with Gasteiger partial charge >= 0.3 is 5.97 Å². The summed E-state index contributed by atoms with van der Waals surface area (Å²) in [5.74, 6) is -1.23. The summed E-state index contributed by atoms with van der Waals surface area (Å²) < 4.78 is 18.2. The normalized spacial score (nSPS) is 10.3. The maximum atomic E-state index is 13.2. The number of nitrogen functional groups attached to an aromatic ring is 1. The average Bonchev–Trinajstić information content (AvgIpc) is 2.75. The first kappa shape index (κ1) is 12.5. The third-order valence-corrected chi connectivity index (χ3v) is 3.17. The fourth-order valence-corrected chi connectivity index (χ4v) is 2.02. The summed E-state index contributed by atoms with van der Waals surface area (Å²) in [6.07, 6.45) is 0. The number of esters is 1. The summed E-state index contributed by atoms with van der Waals surface area (Å²) in [4.78, 5) is 15.8. The van der Waals surface area contributed by atoms with Crippen molar-refractivity contribution in [3.63, 3.8) is 0 Å². The van der Waals surface area contributed by atoms with Gasteiger partial charge in [-0.15, -0.1) is 11.3 Å². The van der Waals surface area contributed by atoms with Crippen molar-refractivity contribution >= 4 is 23.0 Å². The zero-order valence-corrected chi connectivity index (χ0v) is 10.5. The van der Waals surface area contributed by atoms with E-state index in [2.05, 4.69) is 4.98 Å². The van der Waals surface area contributed by atoms with Gasteiger partial charge in [0, 0.05) is 11.1 Å². The predicted molar refractivity (Wildman–Crippen MR) is 66.8 cm³/mol. The van der Waals surface area contributed by atoms with Crippen molar-refractivity contribution in [1.29, 1.82) is 0 Å². The number of anilines is 1. The molecule has 2 aromatic rings. The molecule has 4 nitrogen and oxygen atoms in total. The second kappa shape index (κ2) is 5.14. The number of aromatic nitrogens is 1. The molecule has 0 aliphatic heterocycles. The molecule has 0 aliphatic carbocycles. The van der Waals surface area contributed by atoms with Crippen LogP contribution in [-0.2, 0) is 11.3 Å². The standard InChI is InChI=1S/C12H11FN2O2S/c1-7-6-18-11(15-7)5-17-12(16)8-2-3-10(14)9(13)4-8/h2-4,6H,5,14H2,1H3. The second-order valence-electron chi connectivity index (χ2n) is 3.70. The maximum Gasteiger partial charge on any atom is 0.338 e. The maximum absolute atomic E-state index is 13.2. The van der Waals surface area contributed by atoms with E-state index in [9.17, 15) is 9.18 Å². The number of hydrogen-bond acceptors (Lipinski definition) is 5. The lowest BCUT2D eigenvalue weighted by atomic mass is 10.2. The van der Waals surface area contributed by atoms with Crippen molar-refractivity contribution in [2.45, 2.75) is 13.5 Å². The zero-order chi connectivity index (χ0) is 13.1. The molecule has 1 heterocycles. The summed E-state index contributed by atoms with van der Waals surface area (Å²) in [6.45, 7) is 1.94. The van der Waals surface area contributed by atoms with Crippen molar-refractivity contribution < 1.29 is 13.9 Å². The van der Waals surface area contributed by atoms with E-state index in [1.54, 1.807) is 0 Å². The van der Waals surface area contributed by atoms with E-state index >= 15 is 0 Å². The van der Waals surface area contributed by atoms with Crippen LogP contribution in [0.25, 0.3) is 0 Å². The first-order valence-electron chi connectivity index (χ1n) is 5.19. The van der Waals surface area contributed by atoms with E-state index in [4.69, 9.17) is 10.5 Å². The number of carbonyl (C=O) groups excluding carboxylic acids is 1. The molecule has 0 saturated carbocycles. The number of halogens is 1. The number of nitrogens with zero attached hydrogens (tertiary/aromatic N) is 1. The highest BCUT2D eigenvalue weighted by molar-refractivity contribution is 7.09. The fraction of sp³-hybridized carbons (Fsp3) is 0.167. The molecule has 0 unspecified atom stereocenters. The smallest absolute Gasteiger partial charge is 0.338 e. The minimum atomic E-state index is -0.630. The summed E-state index contributed by atoms with van der Waals surface area (Å²) in [5.41, 5.74) is 6.34. The van der Waals surface area contributed by atoms with Gasteiger partial charge in [-0.3, -0.25) is 0 Å². The Morgan fingerprint density at radius 2 is 2.33 bits per heavy atom. The van der Waals surface area contributed by atoms with E-state index in [0.29, 0.717) is 5.01 Å². The number of ether oxygens (including phenoxy) is 1. The third kappa shape index (κ3) is 2.84. The molecule has 0 radical (unpaired) electrons. The highest BCUT2D eigenvalue weighted by atomic mass is 32.1. The van der Waals surface area contributed by atoms with Gasteiger partial charge in [-0.2, -0.15) is 0 Å². The van der Waals surface area contributed by atoms with Gasteiger partial charge in [0.25, 0.3) is 0 Å². The lowest BCUT2D eigenvalue weighted by molar-refractivity contribution is 0.0472. The molecule has 0 atom stereocenters. The molecule has 0 amide bonds. The van der Waals surface area contributed by atoms with Crippen LogP contribution in [0.15, 0.2) is 23.6 Å². The molecule has 1 aromatic heterocycles. The molecule has 0 spiro atoms. The Morgan fingerprint density at radius 3 is 2.94 bits per heavy atom. The van der Waals surface area contributed by atoms with Crippen molar-refractivity contribution in [3.05, 3.63) is 45.7 Å². The number of hydrogen-bond donors (Lipinski definition) is 1. The van der Waals surface area contributed by atoms with Gasteiger partial charge in [0.15, 0.2) is 0 Å². The van der Waals surface area contributed by atoms with Crippen LogP contribution in [-0.4, -0.2) is 11.0 Å². The van der Waals surface area contributed by atoms with Crippen LogP contribution in [0.1, 0.15) is 21.1 Å². The Bertz CT molecular complexity index is 583. The molecule has 0 bridgehead atoms. The Labute approximate surface area is 107 Å². The molecule has 6 heteroatoms. The predicted octanol–water partition coefficient (Wildman–Crippen LogP) is 2.53. The van der Waals surface area contributed by atoms with Crippen LogP contribution in [0, 0.1) is 12.7 Å². The highest BCUT2D eigenvalue weighted by Gasteiger charge is 2.10. The van der Waals surface area contributed by atoms with Gasteiger partial charge in [0.05, 0.1) is 11.3 Å². The van der Waals surface area contributed by atoms with Gasteiger partial charge in [-0.05, 0) is 25.1 Å². The molecule has 1 aromatic carbocycles. The number of rotatable bonds is 3. The summed E-state index contributed by atoms with van der Waals surface area (Å²) in [6, 6.07) is 3.82. The SMILES string of the molecule is Cc1csc(COC(=O)c2ccc(N)c(F)c2)n1. The van der Waals surface area contributed by atoms with Gasteiger partial charge in [-0.1, -0.05) is 0 Å². The second-order valence-corrected chi connectivity index (χ2v) is 4.64. The zero-order valence-electron chi connectivity index (χ0n) is 9.64. The van der Waals surface area contributed by atoms with Gasteiger partial charge in [-0.25, -0.2) is 14.2 Å². The molecular weight excluding hydrogens is 255 g/mol. The first-order valence-corrected chi connectivity index (χ1v) is 6.07. The van der Waals surface area contributed by atoms with Crippen molar-refractivity contribution in [2.75, 3.05) is 5.73 Å². The minimum absolute atomic E-state index is 0.00194. The number of carbonyl (C=O) groups is 1. The van der Waals surface area contributed by atoms with Crippen LogP contribution in [0.4, 0.5) is 10.1 Å². The van der Waals surface area contributed by atoms with E-state index in [1.807, 2.05) is 12.3 Å². The Morgan fingerprint density at radius 1 is 1.56 bits per heavy atom. The first-order chi connectivity index (χ1) is 8.56. The molecule has 94 valence electrons. The molecule has 0 aliphatic rings. The number of benzene rings is 1. The molecule has 0 fully saturated rings. The summed E-state index contributed by atoms with van der Waals surface area (Å²) in [7, 11) is 0. The Hall–Kier alpha value is -1.95. The van der Waals surface area contributed by atoms with Crippen molar-refractivity contribution in [1.82, 2.24) is 4.98 Å². The number of thiazole rings is 1. The average molecular weight is 266 g/mol. The van der Waals surface area contributed by atoms with Crippen molar-refractivity contribution in [2.24, 2.45) is 0 Å². The van der Waals surface area contributed by atoms with E-state index in [0.717, 1.165) is 11.8 Å². The Balaban J connectivity index is 2.01. The molecular formula is C12H11FN2O2S. The lowest BCUT2D eigenvalue weighted by Gasteiger charge is -2.03. The van der Waals surface area contributed by atoms with Gasteiger partial charge in [0.2, 0.25) is 0 Å². The monoisotopic (exact) mass is 266 g/mol. The van der Waals surface area contributed by atoms with E-state index in [-0.39, 0.29) is 17.9 Å². The third-order valence-electron chi connectivity index (χ3n) is 2.23. The topological polar surface area (TPSA) is 65.2 Å². The Kier molecular flexibility index (Phi) is 3.57. The lowest BCUT2D eigenvalue weighted by Crippen LogP contribution is -2.06. The van der Waals surface area contributed by atoms with Gasteiger partial charge < -0.3 is 10.5 Å². The fourth-order valence-electron chi connectivity index (χ4n) is 1.33. The number of nitrogens with two attached hydrogens (primary N) is 1. The molecule has 18 heavy (non-hydrogen) atoms. The van der Waals surface area contributed by atoms with Crippen LogP contribution >= 0.6 is 11.3 Å². The molecule has 2 rings (SSSR count). The minimum Gasteiger partial charge on any atom is -0.455 e. The van der Waals surface area contributed by atoms with E-state index < -0.39 is 11.8 Å². The van der Waals surface area contributed by atoms with Crippen LogP contribution in [0.2, 0.25) is 0 Å². The van der Waals surface area contributed by atoms with Crippen LogP contribution < -0.4 is 5.73 Å². The van der Waals surface area contributed by atoms with Crippen LogP contribution in [0.5, 0.6) is 0 Å². The molecule has 0 saturated heterocycles. The highest BCUT2D eigenvalue weighted by Crippen LogP contribution is 2.14.